The Morgan fingerprint density at radius 1 is 1.06 bits per heavy atom. The van der Waals surface area contributed by atoms with Crippen LogP contribution in [-0.4, -0.2) is 29.1 Å². The number of ether oxygens (including phenoxy) is 1. The quantitative estimate of drug-likeness (QED) is 0.315. The fraction of sp³-hybridized carbons (Fsp3) is 0.935. The fourth-order valence-electron chi connectivity index (χ4n) is 10.3. The summed E-state index contributed by atoms with van der Waals surface area (Å²) in [4.78, 5) is 24.9. The monoisotopic (exact) mass is 488 g/mol. The van der Waals surface area contributed by atoms with Gasteiger partial charge in [-0.15, -0.1) is 0 Å². The van der Waals surface area contributed by atoms with Crippen LogP contribution in [0.2, 0.25) is 0 Å². The minimum absolute atomic E-state index is 0.0534. The number of esters is 1. The van der Waals surface area contributed by atoms with E-state index in [0.29, 0.717) is 42.1 Å². The van der Waals surface area contributed by atoms with Crippen molar-refractivity contribution in [2.24, 2.45) is 58.2 Å². The third-order valence-electron chi connectivity index (χ3n) is 12.2. The van der Waals surface area contributed by atoms with Crippen LogP contribution in [0, 0.1) is 58.2 Å². The van der Waals surface area contributed by atoms with E-state index in [9.17, 15) is 14.7 Å². The Morgan fingerprint density at radius 3 is 2.40 bits per heavy atom. The van der Waals surface area contributed by atoms with E-state index in [-0.39, 0.29) is 17.2 Å². The number of carbonyl (C=O) groups excluding carboxylic acids is 2. The molecular weight excluding hydrogens is 436 g/mol. The van der Waals surface area contributed by atoms with Gasteiger partial charge in [0, 0.05) is 0 Å². The normalized spacial score (nSPS) is 46.6. The van der Waals surface area contributed by atoms with Crippen molar-refractivity contribution in [3.05, 3.63) is 0 Å². The number of aliphatic hydroxyl groups is 1. The van der Waals surface area contributed by atoms with Crippen LogP contribution >= 0.6 is 0 Å². The minimum atomic E-state index is -0.617. The van der Waals surface area contributed by atoms with Gasteiger partial charge in [-0.25, -0.2) is 0 Å². The summed E-state index contributed by atoms with van der Waals surface area (Å²) < 4.78 is 5.26. The third-order valence-corrected chi connectivity index (χ3v) is 12.2. The molecule has 4 nitrogen and oxygen atoms in total. The molecule has 1 N–H and O–H groups in total. The lowest BCUT2D eigenvalue weighted by atomic mass is 9.43. The van der Waals surface area contributed by atoms with Crippen molar-refractivity contribution in [2.45, 2.75) is 118 Å². The Kier molecular flexibility index (Phi) is 7.57. The molecule has 0 aromatic rings. The number of ketones is 1. The molecule has 11 atom stereocenters. The van der Waals surface area contributed by atoms with Crippen LogP contribution in [0.25, 0.3) is 0 Å². The van der Waals surface area contributed by atoms with E-state index in [1.165, 1.54) is 38.5 Å². The van der Waals surface area contributed by atoms with Gasteiger partial charge in [0.25, 0.3) is 0 Å². The summed E-state index contributed by atoms with van der Waals surface area (Å²) in [6.45, 7) is 15.7. The highest BCUT2D eigenvalue weighted by molar-refractivity contribution is 5.97. The maximum atomic E-state index is 12.5. The summed E-state index contributed by atoms with van der Waals surface area (Å²) in [6.07, 6.45) is 11.0. The summed E-state index contributed by atoms with van der Waals surface area (Å²) in [5, 5.41) is 11.1. The van der Waals surface area contributed by atoms with Gasteiger partial charge in [0.05, 0.1) is 12.2 Å². The second-order valence-electron chi connectivity index (χ2n) is 13.9. The number of carbonyl (C=O) groups is 2. The smallest absolute Gasteiger partial charge is 0.316 e. The molecule has 0 saturated heterocycles. The van der Waals surface area contributed by atoms with Crippen molar-refractivity contribution >= 4 is 11.8 Å². The number of rotatable bonds is 7. The van der Waals surface area contributed by atoms with Gasteiger partial charge in [-0.3, -0.25) is 9.59 Å². The molecule has 0 bridgehead atoms. The number of Topliss-reactive ketones (excluding diaryl/α,β-unsaturated/α-hetero) is 1. The molecule has 0 aliphatic heterocycles. The molecule has 4 fully saturated rings. The zero-order valence-electron chi connectivity index (χ0n) is 23.6. The lowest BCUT2D eigenvalue weighted by Gasteiger charge is -2.62. The van der Waals surface area contributed by atoms with Crippen LogP contribution in [0.5, 0.6) is 0 Å². The second kappa shape index (κ2) is 9.76. The average Bonchev–Trinajstić information content (AvgIpc) is 3.08. The predicted molar refractivity (Wildman–Crippen MR) is 140 cm³/mol. The standard InChI is InChI=1S/C31H52O4/c1-8-31(34)15-14-29(6)22(18-31)10-11-23-25(29)12-13-30(7)26(17-20(4)27(23)30)19(3)16-24(21(5)32)28(33)35-9-2/h19-20,22-27,34H,8-18H2,1-7H3/t19-,20+,22+,23-,24?,25+,26-,27+,29+,30-,31+/m1/s1. The molecule has 0 aromatic heterocycles. The Labute approximate surface area is 214 Å². The summed E-state index contributed by atoms with van der Waals surface area (Å²) >= 11 is 0. The molecule has 200 valence electrons. The van der Waals surface area contributed by atoms with Gasteiger partial charge < -0.3 is 9.84 Å². The SMILES string of the molecule is CCOC(=O)C(C[C@@H](C)[C@H]1C[C@H](C)[C@H]2[C@@H]3CC[C@H]4C[C@](O)(CC)CC[C@]4(C)[C@H]3CC[C@@]21C)C(C)=O. The maximum Gasteiger partial charge on any atom is 0.316 e. The molecular formula is C31H52O4. The number of fused-ring (bicyclic) bond motifs is 5. The van der Waals surface area contributed by atoms with Crippen molar-refractivity contribution in [3.8, 4) is 0 Å². The van der Waals surface area contributed by atoms with E-state index in [1.807, 2.05) is 6.92 Å². The Bertz CT molecular complexity index is 808. The molecule has 4 aliphatic carbocycles. The molecule has 0 heterocycles. The van der Waals surface area contributed by atoms with Crippen LogP contribution in [0.4, 0.5) is 0 Å². The number of hydrogen-bond donors (Lipinski definition) is 1. The zero-order chi connectivity index (χ0) is 25.8. The molecule has 35 heavy (non-hydrogen) atoms. The number of hydrogen-bond acceptors (Lipinski definition) is 4. The van der Waals surface area contributed by atoms with Gasteiger partial charge in [0.1, 0.15) is 11.7 Å². The van der Waals surface area contributed by atoms with Gasteiger partial charge in [0.2, 0.25) is 0 Å². The first-order valence-electron chi connectivity index (χ1n) is 14.8. The summed E-state index contributed by atoms with van der Waals surface area (Å²) in [7, 11) is 0. The van der Waals surface area contributed by atoms with Crippen LogP contribution in [0.3, 0.4) is 0 Å². The molecule has 0 radical (unpaired) electrons. The average molecular weight is 489 g/mol. The van der Waals surface area contributed by atoms with E-state index in [2.05, 4.69) is 34.6 Å². The van der Waals surface area contributed by atoms with Gasteiger partial charge in [-0.1, -0.05) is 34.6 Å². The molecule has 4 aliphatic rings. The first-order chi connectivity index (χ1) is 16.4. The Balaban J connectivity index is 1.53. The zero-order valence-corrected chi connectivity index (χ0v) is 23.6. The fourth-order valence-corrected chi connectivity index (χ4v) is 10.3. The minimum Gasteiger partial charge on any atom is -0.465 e. The maximum absolute atomic E-state index is 12.5. The van der Waals surface area contributed by atoms with Gasteiger partial charge in [-0.2, -0.15) is 0 Å². The summed E-state index contributed by atoms with van der Waals surface area (Å²) in [5.41, 5.74) is 0.226. The highest BCUT2D eigenvalue weighted by atomic mass is 16.5. The summed E-state index contributed by atoms with van der Waals surface area (Å²) in [5.74, 6) is 3.54. The van der Waals surface area contributed by atoms with E-state index >= 15 is 0 Å². The van der Waals surface area contributed by atoms with E-state index in [1.54, 1.807) is 6.92 Å². The largest absolute Gasteiger partial charge is 0.465 e. The van der Waals surface area contributed by atoms with E-state index in [4.69, 9.17) is 4.74 Å². The van der Waals surface area contributed by atoms with Crippen LogP contribution in [-0.2, 0) is 14.3 Å². The van der Waals surface area contributed by atoms with Crippen LogP contribution < -0.4 is 0 Å². The van der Waals surface area contributed by atoms with Crippen molar-refractivity contribution in [1.82, 2.24) is 0 Å². The lowest BCUT2D eigenvalue weighted by molar-refractivity contribution is -0.157. The van der Waals surface area contributed by atoms with Gasteiger partial charge in [-0.05, 0) is 130 Å². The molecule has 4 saturated carbocycles. The van der Waals surface area contributed by atoms with Crippen molar-refractivity contribution < 1.29 is 19.4 Å². The van der Waals surface area contributed by atoms with Crippen LogP contribution in [0.1, 0.15) is 113 Å². The summed E-state index contributed by atoms with van der Waals surface area (Å²) in [6, 6.07) is 0. The van der Waals surface area contributed by atoms with Crippen molar-refractivity contribution in [3.63, 3.8) is 0 Å². The first-order valence-corrected chi connectivity index (χ1v) is 14.8. The Morgan fingerprint density at radius 2 is 1.77 bits per heavy atom. The third kappa shape index (κ3) is 4.53. The predicted octanol–water partition coefficient (Wildman–Crippen LogP) is 6.83. The van der Waals surface area contributed by atoms with E-state index in [0.717, 1.165) is 37.0 Å². The second-order valence-corrected chi connectivity index (χ2v) is 13.9. The molecule has 0 amide bonds. The first kappa shape index (κ1) is 27.1. The van der Waals surface area contributed by atoms with Crippen LogP contribution in [0.15, 0.2) is 0 Å². The van der Waals surface area contributed by atoms with Crippen molar-refractivity contribution in [2.75, 3.05) is 6.61 Å². The molecule has 1 unspecified atom stereocenters. The topological polar surface area (TPSA) is 63.6 Å². The van der Waals surface area contributed by atoms with Gasteiger partial charge in [0.15, 0.2) is 0 Å². The van der Waals surface area contributed by atoms with E-state index < -0.39 is 11.5 Å². The molecule has 4 heteroatoms. The molecule has 4 rings (SSSR count). The highest BCUT2D eigenvalue weighted by Gasteiger charge is 2.63. The molecule has 0 spiro atoms. The Hall–Kier alpha value is -0.900. The van der Waals surface area contributed by atoms with Gasteiger partial charge >= 0.3 is 5.97 Å². The lowest BCUT2D eigenvalue weighted by Crippen LogP contribution is -2.56. The van der Waals surface area contributed by atoms with Crippen molar-refractivity contribution in [1.29, 1.82) is 0 Å². The molecule has 0 aromatic carbocycles. The highest BCUT2D eigenvalue weighted by Crippen LogP contribution is 2.70.